The summed E-state index contributed by atoms with van der Waals surface area (Å²) in [5.41, 5.74) is 8.15. The Kier molecular flexibility index (Phi) is 7.19. The van der Waals surface area contributed by atoms with Gasteiger partial charge in [-0.3, -0.25) is 0 Å². The van der Waals surface area contributed by atoms with Gasteiger partial charge in [0.2, 0.25) is 0 Å². The highest BCUT2D eigenvalue weighted by molar-refractivity contribution is 5.69. The van der Waals surface area contributed by atoms with Crippen LogP contribution < -0.4 is 21.6 Å². The SMILES string of the molecule is Cc1nc(/C(N)=C(\CNC(=O)OCC2CC2(F)F)N(C)N)ccc1OC1CCCCC1. The van der Waals surface area contributed by atoms with Crippen molar-refractivity contribution in [2.75, 3.05) is 20.2 Å². The molecule has 31 heavy (non-hydrogen) atoms. The van der Waals surface area contributed by atoms with Crippen LogP contribution in [-0.2, 0) is 4.74 Å². The summed E-state index contributed by atoms with van der Waals surface area (Å²) in [6.45, 7) is 1.48. The van der Waals surface area contributed by atoms with E-state index in [1.165, 1.54) is 24.3 Å². The first-order chi connectivity index (χ1) is 14.7. The molecule has 0 radical (unpaired) electrons. The van der Waals surface area contributed by atoms with Crippen LogP contribution in [0.5, 0.6) is 5.75 Å². The van der Waals surface area contributed by atoms with E-state index in [4.69, 9.17) is 21.1 Å². The number of carbonyl (C=O) groups is 1. The maximum Gasteiger partial charge on any atom is 0.407 e. The van der Waals surface area contributed by atoms with Gasteiger partial charge in [-0.25, -0.2) is 24.4 Å². The van der Waals surface area contributed by atoms with E-state index in [0.717, 1.165) is 18.6 Å². The largest absolute Gasteiger partial charge is 0.489 e. The number of hydrogen-bond donors (Lipinski definition) is 3. The fourth-order valence-corrected chi connectivity index (χ4v) is 3.58. The predicted molar refractivity (Wildman–Crippen MR) is 112 cm³/mol. The van der Waals surface area contributed by atoms with E-state index < -0.39 is 17.9 Å². The number of rotatable bonds is 8. The van der Waals surface area contributed by atoms with Crippen molar-refractivity contribution in [3.8, 4) is 5.75 Å². The third kappa shape index (κ3) is 6.19. The summed E-state index contributed by atoms with van der Waals surface area (Å²) < 4.78 is 36.7. The number of pyridine rings is 1. The summed E-state index contributed by atoms with van der Waals surface area (Å²) >= 11 is 0. The van der Waals surface area contributed by atoms with Gasteiger partial charge < -0.3 is 25.5 Å². The Labute approximate surface area is 180 Å². The van der Waals surface area contributed by atoms with Gasteiger partial charge in [0.1, 0.15) is 12.4 Å². The molecule has 2 aliphatic carbocycles. The highest BCUT2D eigenvalue weighted by Gasteiger charge is 2.57. The zero-order valence-corrected chi connectivity index (χ0v) is 18.0. The van der Waals surface area contributed by atoms with Crippen LogP contribution in [0.1, 0.15) is 49.9 Å². The number of nitrogens with zero attached hydrogens (tertiary/aromatic N) is 2. The van der Waals surface area contributed by atoms with Crippen molar-refractivity contribution in [2.45, 2.75) is 57.5 Å². The molecule has 1 aromatic rings. The van der Waals surface area contributed by atoms with Gasteiger partial charge in [0, 0.05) is 13.5 Å². The van der Waals surface area contributed by atoms with Gasteiger partial charge in [-0.1, -0.05) is 6.42 Å². The molecule has 3 rings (SSSR count). The maximum atomic E-state index is 12.9. The number of halogens is 2. The molecule has 0 saturated heterocycles. The summed E-state index contributed by atoms with van der Waals surface area (Å²) in [4.78, 5) is 16.4. The van der Waals surface area contributed by atoms with Crippen molar-refractivity contribution in [3.05, 3.63) is 29.2 Å². The Bertz CT molecular complexity index is 825. The molecule has 8 nitrogen and oxygen atoms in total. The van der Waals surface area contributed by atoms with Crippen LogP contribution in [0.4, 0.5) is 13.6 Å². The number of hydrazine groups is 1. The van der Waals surface area contributed by atoms with E-state index in [2.05, 4.69) is 10.3 Å². The normalized spacial score (nSPS) is 21.1. The van der Waals surface area contributed by atoms with Crippen molar-refractivity contribution in [3.63, 3.8) is 0 Å². The minimum Gasteiger partial charge on any atom is -0.489 e. The molecule has 2 fully saturated rings. The summed E-state index contributed by atoms with van der Waals surface area (Å²) in [5.74, 6) is 2.96. The lowest BCUT2D eigenvalue weighted by Gasteiger charge is -2.24. The number of hydrogen-bond acceptors (Lipinski definition) is 7. The second kappa shape index (κ2) is 9.67. The Balaban J connectivity index is 1.61. The van der Waals surface area contributed by atoms with Crippen LogP contribution in [0.3, 0.4) is 0 Å². The minimum atomic E-state index is -2.73. The van der Waals surface area contributed by atoms with E-state index >= 15 is 0 Å². The van der Waals surface area contributed by atoms with Crippen molar-refractivity contribution >= 4 is 11.8 Å². The first-order valence-electron chi connectivity index (χ1n) is 10.6. The summed E-state index contributed by atoms with van der Waals surface area (Å²) in [5, 5.41) is 3.76. The van der Waals surface area contributed by atoms with Gasteiger partial charge in [-0.2, -0.15) is 0 Å². The van der Waals surface area contributed by atoms with Crippen molar-refractivity contribution in [1.29, 1.82) is 0 Å². The molecule has 0 aromatic carbocycles. The molecule has 10 heteroatoms. The highest BCUT2D eigenvalue weighted by atomic mass is 19.3. The minimum absolute atomic E-state index is 0.0419. The molecule has 2 saturated carbocycles. The van der Waals surface area contributed by atoms with Crippen LogP contribution in [-0.4, -0.2) is 48.3 Å². The number of aryl methyl sites for hydroxylation is 1. The van der Waals surface area contributed by atoms with Crippen molar-refractivity contribution < 1.29 is 23.0 Å². The molecule has 0 bridgehead atoms. The fraction of sp³-hybridized carbons (Fsp3) is 0.619. The van der Waals surface area contributed by atoms with Crippen molar-refractivity contribution in [1.82, 2.24) is 15.3 Å². The lowest BCUT2D eigenvalue weighted by Crippen LogP contribution is -2.37. The monoisotopic (exact) mass is 439 g/mol. The first-order valence-corrected chi connectivity index (χ1v) is 10.6. The summed E-state index contributed by atoms with van der Waals surface area (Å²) in [6, 6.07) is 3.59. The number of amides is 1. The Morgan fingerprint density at radius 1 is 1.32 bits per heavy atom. The van der Waals surface area contributed by atoms with E-state index in [-0.39, 0.29) is 31.4 Å². The Morgan fingerprint density at radius 3 is 2.58 bits per heavy atom. The predicted octanol–water partition coefficient (Wildman–Crippen LogP) is 2.92. The number of nitrogens with one attached hydrogen (secondary N) is 1. The molecular weight excluding hydrogens is 408 g/mol. The van der Waals surface area contributed by atoms with Crippen LogP contribution in [0.25, 0.3) is 5.70 Å². The Hall–Kier alpha value is -2.62. The number of aromatic nitrogens is 1. The molecule has 0 spiro atoms. The number of alkyl halides is 2. The standard InChI is InChI=1S/C21H31F2N5O3/c1-13-18(31-15-6-4-3-5-7-15)9-8-16(27-13)19(24)17(28(2)25)11-26-20(29)30-12-14-10-21(14,22)23/h8-9,14-15H,3-7,10-12,24-25H2,1-2H3,(H,26,29)/b19-17-. The average Bonchev–Trinajstić information content (AvgIpc) is 3.35. The number of alkyl carbamates (subject to hydrolysis) is 1. The molecule has 172 valence electrons. The molecule has 1 aromatic heterocycles. The average molecular weight is 440 g/mol. The fourth-order valence-electron chi connectivity index (χ4n) is 3.58. The van der Waals surface area contributed by atoms with Gasteiger partial charge >= 0.3 is 6.09 Å². The van der Waals surface area contributed by atoms with Gasteiger partial charge in [0.05, 0.1) is 41.3 Å². The van der Waals surface area contributed by atoms with Gasteiger partial charge in [-0.05, 0) is 44.7 Å². The Morgan fingerprint density at radius 2 is 2.00 bits per heavy atom. The second-order valence-electron chi connectivity index (χ2n) is 8.24. The zero-order valence-electron chi connectivity index (χ0n) is 18.0. The van der Waals surface area contributed by atoms with Gasteiger partial charge in [0.25, 0.3) is 5.92 Å². The second-order valence-corrected chi connectivity index (χ2v) is 8.24. The lowest BCUT2D eigenvalue weighted by molar-refractivity contribution is 0.0726. The maximum absolute atomic E-state index is 12.9. The van der Waals surface area contributed by atoms with E-state index in [1.54, 1.807) is 13.1 Å². The number of carbonyl (C=O) groups excluding carboxylic acids is 1. The molecule has 1 atom stereocenters. The summed E-state index contributed by atoms with van der Waals surface area (Å²) in [7, 11) is 1.58. The number of nitrogens with two attached hydrogens (primary N) is 2. The number of likely N-dealkylation sites (N-methyl/N-ethyl adjacent to an activating group) is 1. The topological polar surface area (TPSA) is 116 Å². The van der Waals surface area contributed by atoms with E-state index in [1.807, 2.05) is 13.0 Å². The molecule has 0 aliphatic heterocycles. The van der Waals surface area contributed by atoms with E-state index in [9.17, 15) is 13.6 Å². The third-order valence-electron chi connectivity index (χ3n) is 5.67. The molecule has 1 heterocycles. The van der Waals surface area contributed by atoms with Crippen LogP contribution in [0.2, 0.25) is 0 Å². The lowest BCUT2D eigenvalue weighted by atomic mass is 9.98. The van der Waals surface area contributed by atoms with Crippen LogP contribution in [0.15, 0.2) is 17.8 Å². The van der Waals surface area contributed by atoms with Crippen molar-refractivity contribution in [2.24, 2.45) is 17.5 Å². The van der Waals surface area contributed by atoms with Gasteiger partial charge in [0.15, 0.2) is 0 Å². The molecule has 5 N–H and O–H groups in total. The third-order valence-corrected chi connectivity index (χ3v) is 5.67. The zero-order chi connectivity index (χ0) is 22.6. The summed E-state index contributed by atoms with van der Waals surface area (Å²) in [6.07, 6.45) is 4.85. The van der Waals surface area contributed by atoms with E-state index in [0.29, 0.717) is 17.1 Å². The first kappa shape index (κ1) is 23.1. The highest BCUT2D eigenvalue weighted by Crippen LogP contribution is 2.48. The molecular formula is C21H31F2N5O3. The molecule has 1 amide bonds. The smallest absolute Gasteiger partial charge is 0.407 e. The van der Waals surface area contributed by atoms with Crippen LogP contribution >= 0.6 is 0 Å². The van der Waals surface area contributed by atoms with Gasteiger partial charge in [-0.15, -0.1) is 0 Å². The quantitative estimate of drug-likeness (QED) is 0.421. The molecule has 2 aliphatic rings. The molecule has 1 unspecified atom stereocenters. The van der Waals surface area contributed by atoms with Crippen LogP contribution in [0, 0.1) is 12.8 Å². The number of ether oxygens (including phenoxy) is 2.